The van der Waals surface area contributed by atoms with Gasteiger partial charge in [0.2, 0.25) is 12.5 Å². The Balaban J connectivity index is 1.51. The summed E-state index contributed by atoms with van der Waals surface area (Å²) in [6, 6.07) is 14.9. The first-order valence-corrected chi connectivity index (χ1v) is 11.5. The van der Waals surface area contributed by atoms with E-state index in [0.717, 1.165) is 0 Å². The Morgan fingerprint density at radius 2 is 1.72 bits per heavy atom. The highest BCUT2D eigenvalue weighted by Crippen LogP contribution is 2.41. The lowest BCUT2D eigenvalue weighted by atomic mass is 10.0. The third-order valence-electron chi connectivity index (χ3n) is 6.01. The maximum Gasteiger partial charge on any atom is 0.282 e. The van der Waals surface area contributed by atoms with E-state index in [9.17, 15) is 14.9 Å². The molecule has 1 aromatic heterocycles. The predicted octanol–water partition coefficient (Wildman–Crippen LogP) is 4.33. The SMILES string of the molecule is COc1cc(-c2cc(C(=O)NN=Cc3cc4c(cc3[N+](=O)[O-])OCO4)c3ccccc3n2)cc(OC)c1OC. The number of methoxy groups -OCH3 is 3. The Labute approximate surface area is 221 Å². The van der Waals surface area contributed by atoms with Crippen molar-refractivity contribution in [3.05, 3.63) is 75.8 Å². The molecule has 0 unspecified atom stereocenters. The summed E-state index contributed by atoms with van der Waals surface area (Å²) < 4.78 is 26.8. The van der Waals surface area contributed by atoms with Gasteiger partial charge in [-0.15, -0.1) is 0 Å². The van der Waals surface area contributed by atoms with Gasteiger partial charge in [0, 0.05) is 10.9 Å². The number of carbonyl (C=O) groups excluding carboxylic acids is 1. The molecule has 0 radical (unpaired) electrons. The molecule has 12 nitrogen and oxygen atoms in total. The predicted molar refractivity (Wildman–Crippen MR) is 141 cm³/mol. The van der Waals surface area contributed by atoms with Gasteiger partial charge in [-0.1, -0.05) is 18.2 Å². The quantitative estimate of drug-likeness (QED) is 0.200. The second-order valence-corrected chi connectivity index (χ2v) is 8.21. The van der Waals surface area contributed by atoms with Crippen LogP contribution in [0.15, 0.2) is 59.7 Å². The van der Waals surface area contributed by atoms with Crippen LogP contribution < -0.4 is 29.1 Å². The smallest absolute Gasteiger partial charge is 0.282 e. The Morgan fingerprint density at radius 1 is 1.03 bits per heavy atom. The standard InChI is InChI=1S/C27H22N4O8/c1-35-24-8-15(9-25(36-2)26(24)37-3)20-11-18(17-6-4-5-7-19(17)29-20)27(32)30-28-13-16-10-22-23(39-14-38-22)12-21(16)31(33)34/h4-13H,14H2,1-3H3,(H,30,32). The zero-order chi connectivity index (χ0) is 27.5. The average Bonchev–Trinajstić information content (AvgIpc) is 3.42. The van der Waals surface area contributed by atoms with E-state index in [1.54, 1.807) is 36.4 Å². The highest BCUT2D eigenvalue weighted by Gasteiger charge is 2.23. The van der Waals surface area contributed by atoms with Crippen LogP contribution in [0.2, 0.25) is 0 Å². The number of carbonyl (C=O) groups is 1. The minimum absolute atomic E-state index is 0.0345. The van der Waals surface area contributed by atoms with Gasteiger partial charge in [-0.25, -0.2) is 10.4 Å². The lowest BCUT2D eigenvalue weighted by Gasteiger charge is -2.15. The van der Waals surface area contributed by atoms with Crippen molar-refractivity contribution in [2.45, 2.75) is 0 Å². The van der Waals surface area contributed by atoms with E-state index >= 15 is 0 Å². The number of rotatable bonds is 8. The van der Waals surface area contributed by atoms with Crippen LogP contribution in [0.25, 0.3) is 22.2 Å². The second-order valence-electron chi connectivity index (χ2n) is 8.21. The largest absolute Gasteiger partial charge is 0.493 e. The molecule has 0 saturated heterocycles. The second kappa shape index (κ2) is 10.5. The molecule has 2 heterocycles. The molecule has 1 aliphatic rings. The Bertz CT molecular complexity index is 1610. The minimum atomic E-state index is -0.564. The van der Waals surface area contributed by atoms with Crippen LogP contribution in [-0.2, 0) is 0 Å². The lowest BCUT2D eigenvalue weighted by Crippen LogP contribution is -2.18. The zero-order valence-corrected chi connectivity index (χ0v) is 21.1. The molecule has 1 amide bonds. The van der Waals surface area contributed by atoms with E-state index in [0.29, 0.717) is 50.7 Å². The van der Waals surface area contributed by atoms with Crippen molar-refractivity contribution >= 4 is 28.7 Å². The normalized spacial score (nSPS) is 12.0. The Hall–Kier alpha value is -5.39. The molecule has 39 heavy (non-hydrogen) atoms. The molecule has 1 N–H and O–H groups in total. The van der Waals surface area contributed by atoms with Crippen LogP contribution in [0.1, 0.15) is 15.9 Å². The Morgan fingerprint density at radius 3 is 2.38 bits per heavy atom. The number of ether oxygens (including phenoxy) is 5. The van der Waals surface area contributed by atoms with Crippen LogP contribution in [0.3, 0.4) is 0 Å². The molecule has 198 valence electrons. The van der Waals surface area contributed by atoms with Gasteiger partial charge in [-0.3, -0.25) is 14.9 Å². The van der Waals surface area contributed by atoms with E-state index in [-0.39, 0.29) is 23.8 Å². The number of hydrazone groups is 1. The number of aromatic nitrogens is 1. The number of pyridine rings is 1. The highest BCUT2D eigenvalue weighted by molar-refractivity contribution is 6.07. The van der Waals surface area contributed by atoms with Crippen molar-refractivity contribution in [2.24, 2.45) is 5.10 Å². The summed E-state index contributed by atoms with van der Waals surface area (Å²) in [5, 5.41) is 16.1. The molecule has 0 atom stereocenters. The van der Waals surface area contributed by atoms with Gasteiger partial charge in [0.25, 0.3) is 11.6 Å². The molecule has 3 aromatic carbocycles. The van der Waals surface area contributed by atoms with Crippen LogP contribution in [-0.4, -0.2) is 50.2 Å². The molecule has 0 bridgehead atoms. The summed E-state index contributed by atoms with van der Waals surface area (Å²) >= 11 is 0. The van der Waals surface area contributed by atoms with E-state index in [1.807, 2.05) is 6.07 Å². The lowest BCUT2D eigenvalue weighted by molar-refractivity contribution is -0.385. The molecule has 4 aromatic rings. The first kappa shape index (κ1) is 25.3. The zero-order valence-electron chi connectivity index (χ0n) is 21.1. The fourth-order valence-corrected chi connectivity index (χ4v) is 4.17. The van der Waals surface area contributed by atoms with Crippen molar-refractivity contribution in [3.8, 4) is 40.0 Å². The minimum Gasteiger partial charge on any atom is -0.493 e. The molecule has 12 heteroatoms. The first-order valence-electron chi connectivity index (χ1n) is 11.5. The number of para-hydroxylation sites is 1. The van der Waals surface area contributed by atoms with Crippen molar-refractivity contribution in [1.82, 2.24) is 10.4 Å². The highest BCUT2D eigenvalue weighted by atomic mass is 16.7. The molecule has 0 spiro atoms. The summed E-state index contributed by atoms with van der Waals surface area (Å²) in [7, 11) is 4.53. The van der Waals surface area contributed by atoms with Crippen molar-refractivity contribution < 1.29 is 33.4 Å². The van der Waals surface area contributed by atoms with Gasteiger partial charge < -0.3 is 23.7 Å². The fourth-order valence-electron chi connectivity index (χ4n) is 4.17. The number of amides is 1. The number of nitro groups is 1. The van der Waals surface area contributed by atoms with Gasteiger partial charge in [0.05, 0.1) is 60.9 Å². The van der Waals surface area contributed by atoms with Crippen LogP contribution in [0, 0.1) is 10.1 Å². The van der Waals surface area contributed by atoms with Crippen LogP contribution in [0.5, 0.6) is 28.7 Å². The van der Waals surface area contributed by atoms with Gasteiger partial charge >= 0.3 is 0 Å². The Kier molecular flexibility index (Phi) is 6.83. The molecule has 5 rings (SSSR count). The summed E-state index contributed by atoms with van der Waals surface area (Å²) in [5.74, 6) is 1.37. The van der Waals surface area contributed by atoms with E-state index < -0.39 is 10.8 Å². The summed E-state index contributed by atoms with van der Waals surface area (Å²) in [6.07, 6.45) is 1.18. The number of nitrogens with one attached hydrogen (secondary N) is 1. The van der Waals surface area contributed by atoms with Gasteiger partial charge in [0.15, 0.2) is 23.0 Å². The summed E-state index contributed by atoms with van der Waals surface area (Å²) in [5.41, 5.74) is 4.33. The van der Waals surface area contributed by atoms with Crippen LogP contribution >= 0.6 is 0 Å². The van der Waals surface area contributed by atoms with Gasteiger partial charge in [0.1, 0.15) is 0 Å². The third kappa shape index (κ3) is 4.82. The molecule has 0 aliphatic carbocycles. The summed E-state index contributed by atoms with van der Waals surface area (Å²) in [6.45, 7) is -0.0345. The van der Waals surface area contributed by atoms with Gasteiger partial charge in [-0.05, 0) is 30.3 Å². The number of fused-ring (bicyclic) bond motifs is 2. The average molecular weight is 530 g/mol. The summed E-state index contributed by atoms with van der Waals surface area (Å²) in [4.78, 5) is 29.0. The maximum atomic E-state index is 13.3. The fraction of sp³-hybridized carbons (Fsp3) is 0.148. The van der Waals surface area contributed by atoms with Gasteiger partial charge in [-0.2, -0.15) is 5.10 Å². The number of nitrogens with zero attached hydrogens (tertiary/aromatic N) is 3. The number of hydrogen-bond donors (Lipinski definition) is 1. The number of nitro benzene ring substituents is 1. The number of benzene rings is 3. The molecular weight excluding hydrogens is 508 g/mol. The van der Waals surface area contributed by atoms with Crippen molar-refractivity contribution in [3.63, 3.8) is 0 Å². The first-order chi connectivity index (χ1) is 18.9. The maximum absolute atomic E-state index is 13.3. The van der Waals surface area contributed by atoms with E-state index in [4.69, 9.17) is 28.7 Å². The monoisotopic (exact) mass is 530 g/mol. The molecule has 0 fully saturated rings. The van der Waals surface area contributed by atoms with Crippen LogP contribution in [0.4, 0.5) is 5.69 Å². The topological polar surface area (TPSA) is 144 Å². The molecule has 0 saturated carbocycles. The van der Waals surface area contributed by atoms with E-state index in [2.05, 4.69) is 10.5 Å². The third-order valence-corrected chi connectivity index (χ3v) is 6.01. The number of hydrogen-bond acceptors (Lipinski definition) is 10. The van der Waals surface area contributed by atoms with Crippen molar-refractivity contribution in [2.75, 3.05) is 28.1 Å². The molecular formula is C27H22N4O8. The van der Waals surface area contributed by atoms with E-state index in [1.165, 1.54) is 39.7 Å². The molecule has 1 aliphatic heterocycles. The van der Waals surface area contributed by atoms with Crippen molar-refractivity contribution in [1.29, 1.82) is 0 Å².